The number of aryl methyl sites for hydroxylation is 3. The first kappa shape index (κ1) is 26.1. The number of ether oxygens (including phenoxy) is 1. The van der Waals surface area contributed by atoms with Gasteiger partial charge < -0.3 is 9.64 Å². The summed E-state index contributed by atoms with van der Waals surface area (Å²) in [5.41, 5.74) is 4.40. The number of thiophene rings is 1. The van der Waals surface area contributed by atoms with E-state index in [4.69, 9.17) is 4.74 Å². The number of benzene rings is 2. The molecule has 2 aromatic carbocycles. The standard InChI is InChI=1S/C28H32N2O4S2/c1-6-13-29(36(32,33)28-20(3)16-19(2)17-21(28)4)18-26(31)30-14-11-25-24(12-15-35-25)27(30)22-7-9-23(34-5)10-8-22/h6-10,12,15-17,27H,1,11,13-14,18H2,2-5H3. The van der Waals surface area contributed by atoms with E-state index in [0.29, 0.717) is 17.7 Å². The Morgan fingerprint density at radius 1 is 1.17 bits per heavy atom. The molecule has 0 spiro atoms. The molecule has 0 radical (unpaired) electrons. The van der Waals surface area contributed by atoms with Gasteiger partial charge in [-0.2, -0.15) is 4.31 Å². The van der Waals surface area contributed by atoms with Gasteiger partial charge in [-0.3, -0.25) is 4.79 Å². The molecule has 0 saturated carbocycles. The second-order valence-electron chi connectivity index (χ2n) is 9.13. The summed E-state index contributed by atoms with van der Waals surface area (Å²) in [5.74, 6) is 0.505. The van der Waals surface area contributed by atoms with Crippen LogP contribution in [-0.4, -0.2) is 50.3 Å². The van der Waals surface area contributed by atoms with Crippen LogP contribution >= 0.6 is 11.3 Å². The van der Waals surface area contributed by atoms with Crippen molar-refractivity contribution in [3.63, 3.8) is 0 Å². The number of methoxy groups -OCH3 is 1. The average molecular weight is 525 g/mol. The maximum atomic E-state index is 13.8. The highest BCUT2D eigenvalue weighted by atomic mass is 32.2. The minimum absolute atomic E-state index is 0.0472. The van der Waals surface area contributed by atoms with Crippen molar-refractivity contribution >= 4 is 27.3 Å². The van der Waals surface area contributed by atoms with Gasteiger partial charge in [-0.15, -0.1) is 17.9 Å². The van der Waals surface area contributed by atoms with Crippen molar-refractivity contribution in [2.45, 2.75) is 38.1 Å². The summed E-state index contributed by atoms with van der Waals surface area (Å²) in [5, 5.41) is 2.05. The van der Waals surface area contributed by atoms with Crippen LogP contribution in [0.1, 0.15) is 38.7 Å². The van der Waals surface area contributed by atoms with Gasteiger partial charge >= 0.3 is 0 Å². The number of carbonyl (C=O) groups is 1. The predicted molar refractivity (Wildman–Crippen MR) is 144 cm³/mol. The molecule has 1 aromatic heterocycles. The number of amides is 1. The van der Waals surface area contributed by atoms with Gasteiger partial charge in [0.05, 0.1) is 24.6 Å². The van der Waals surface area contributed by atoms with E-state index in [-0.39, 0.29) is 29.9 Å². The number of rotatable bonds is 8. The molecule has 1 unspecified atom stereocenters. The number of sulfonamides is 1. The summed E-state index contributed by atoms with van der Waals surface area (Å²) >= 11 is 1.69. The maximum absolute atomic E-state index is 13.8. The smallest absolute Gasteiger partial charge is 0.244 e. The highest BCUT2D eigenvalue weighted by molar-refractivity contribution is 7.89. The van der Waals surface area contributed by atoms with E-state index in [1.54, 1.807) is 37.2 Å². The predicted octanol–water partition coefficient (Wildman–Crippen LogP) is 5.03. The summed E-state index contributed by atoms with van der Waals surface area (Å²) in [4.78, 5) is 17.1. The Bertz CT molecular complexity index is 1350. The maximum Gasteiger partial charge on any atom is 0.244 e. The topological polar surface area (TPSA) is 66.9 Å². The first-order valence-corrected chi connectivity index (χ1v) is 14.2. The quantitative estimate of drug-likeness (QED) is 0.388. The van der Waals surface area contributed by atoms with Crippen LogP contribution in [0.25, 0.3) is 0 Å². The van der Waals surface area contributed by atoms with Crippen LogP contribution < -0.4 is 4.74 Å². The molecule has 3 aromatic rings. The lowest BCUT2D eigenvalue weighted by Crippen LogP contribution is -2.47. The minimum atomic E-state index is -3.92. The third-order valence-electron chi connectivity index (χ3n) is 6.56. The fourth-order valence-corrected chi connectivity index (χ4v) is 7.74. The summed E-state index contributed by atoms with van der Waals surface area (Å²) < 4.78 is 34.1. The van der Waals surface area contributed by atoms with Crippen molar-refractivity contribution in [3.05, 3.63) is 93.2 Å². The number of hydrogen-bond acceptors (Lipinski definition) is 5. The zero-order valence-electron chi connectivity index (χ0n) is 21.2. The Hall–Kier alpha value is -2.94. The average Bonchev–Trinajstić information content (AvgIpc) is 3.31. The molecule has 1 aliphatic rings. The SMILES string of the molecule is C=CCN(CC(=O)N1CCc2sccc2C1c1ccc(OC)cc1)S(=O)(=O)c1c(C)cc(C)cc1C. The van der Waals surface area contributed by atoms with Crippen LogP contribution in [0.5, 0.6) is 5.75 Å². The monoisotopic (exact) mass is 524 g/mol. The first-order valence-electron chi connectivity index (χ1n) is 11.9. The van der Waals surface area contributed by atoms with Crippen LogP contribution in [0.3, 0.4) is 0 Å². The normalized spacial score (nSPS) is 15.6. The largest absolute Gasteiger partial charge is 0.497 e. The summed E-state index contributed by atoms with van der Waals surface area (Å²) in [6, 6.07) is 13.2. The molecular weight excluding hydrogens is 492 g/mol. The summed E-state index contributed by atoms with van der Waals surface area (Å²) in [6.45, 7) is 9.59. The van der Waals surface area contributed by atoms with Gasteiger partial charge in [0.1, 0.15) is 5.75 Å². The van der Waals surface area contributed by atoms with E-state index >= 15 is 0 Å². The highest BCUT2D eigenvalue weighted by Gasteiger charge is 2.36. The van der Waals surface area contributed by atoms with Gasteiger partial charge in [0, 0.05) is 18.0 Å². The molecule has 36 heavy (non-hydrogen) atoms. The van der Waals surface area contributed by atoms with Gasteiger partial charge in [0.2, 0.25) is 15.9 Å². The van der Waals surface area contributed by atoms with Crippen molar-refractivity contribution in [1.82, 2.24) is 9.21 Å². The first-order chi connectivity index (χ1) is 17.2. The van der Waals surface area contributed by atoms with E-state index in [0.717, 1.165) is 28.9 Å². The van der Waals surface area contributed by atoms with E-state index in [2.05, 4.69) is 12.6 Å². The Morgan fingerprint density at radius 2 is 1.83 bits per heavy atom. The Morgan fingerprint density at radius 3 is 2.44 bits per heavy atom. The Labute approximate surface area is 217 Å². The van der Waals surface area contributed by atoms with Crippen LogP contribution in [-0.2, 0) is 21.2 Å². The fraction of sp³-hybridized carbons (Fsp3) is 0.321. The zero-order chi connectivity index (χ0) is 26.0. The van der Waals surface area contributed by atoms with Crippen LogP contribution in [0.2, 0.25) is 0 Å². The molecule has 0 saturated heterocycles. The molecule has 1 atom stereocenters. The van der Waals surface area contributed by atoms with Gasteiger partial charge in [-0.05, 0) is 73.0 Å². The van der Waals surface area contributed by atoms with Gasteiger partial charge in [0.15, 0.2) is 0 Å². The molecule has 1 aliphatic heterocycles. The number of hydrogen-bond donors (Lipinski definition) is 0. The minimum Gasteiger partial charge on any atom is -0.497 e. The molecule has 8 heteroatoms. The number of nitrogens with zero attached hydrogens (tertiary/aromatic N) is 2. The lowest BCUT2D eigenvalue weighted by molar-refractivity contribution is -0.133. The van der Waals surface area contributed by atoms with Gasteiger partial charge in [-0.1, -0.05) is 35.9 Å². The second-order valence-corrected chi connectivity index (χ2v) is 12.0. The molecule has 2 heterocycles. The highest BCUT2D eigenvalue weighted by Crippen LogP contribution is 2.38. The summed E-state index contributed by atoms with van der Waals surface area (Å²) in [7, 11) is -2.30. The molecule has 0 fully saturated rings. The third-order valence-corrected chi connectivity index (χ3v) is 9.68. The van der Waals surface area contributed by atoms with Crippen molar-refractivity contribution in [2.24, 2.45) is 0 Å². The third kappa shape index (κ3) is 4.98. The molecule has 0 bridgehead atoms. The van der Waals surface area contributed by atoms with E-state index in [1.807, 2.05) is 48.7 Å². The van der Waals surface area contributed by atoms with Crippen LogP contribution in [0.4, 0.5) is 0 Å². The number of carbonyl (C=O) groups excluding carboxylic acids is 1. The van der Waals surface area contributed by atoms with E-state index in [9.17, 15) is 13.2 Å². The number of fused-ring (bicyclic) bond motifs is 1. The molecule has 1 amide bonds. The molecule has 190 valence electrons. The molecule has 4 rings (SSSR count). The van der Waals surface area contributed by atoms with Crippen molar-refractivity contribution in [1.29, 1.82) is 0 Å². The van der Waals surface area contributed by atoms with Crippen molar-refractivity contribution in [3.8, 4) is 5.75 Å². The van der Waals surface area contributed by atoms with Crippen molar-refractivity contribution in [2.75, 3.05) is 26.7 Å². The summed E-state index contributed by atoms with van der Waals surface area (Å²) in [6.07, 6.45) is 2.27. The lowest BCUT2D eigenvalue weighted by atomic mass is 9.93. The molecule has 6 nitrogen and oxygen atoms in total. The second kappa shape index (κ2) is 10.6. The van der Waals surface area contributed by atoms with E-state index in [1.165, 1.54) is 15.3 Å². The van der Waals surface area contributed by atoms with Crippen LogP contribution in [0, 0.1) is 20.8 Å². The molecular formula is C28H32N2O4S2. The zero-order valence-corrected chi connectivity index (χ0v) is 22.8. The van der Waals surface area contributed by atoms with Crippen LogP contribution in [0.15, 0.2) is 65.4 Å². The van der Waals surface area contributed by atoms with E-state index < -0.39 is 10.0 Å². The van der Waals surface area contributed by atoms with Crippen molar-refractivity contribution < 1.29 is 17.9 Å². The van der Waals surface area contributed by atoms with Gasteiger partial charge in [0.25, 0.3) is 0 Å². The fourth-order valence-electron chi connectivity index (χ4n) is 5.07. The Balaban J connectivity index is 1.69. The molecule has 0 aliphatic carbocycles. The lowest BCUT2D eigenvalue weighted by Gasteiger charge is -2.37. The molecule has 0 N–H and O–H groups in total. The Kier molecular flexibility index (Phi) is 7.68. The van der Waals surface area contributed by atoms with Gasteiger partial charge in [-0.25, -0.2) is 8.42 Å².